The number of benzene rings is 9. The third kappa shape index (κ3) is 6.52. The molecule has 4 nitrogen and oxygen atoms in total. The van der Waals surface area contributed by atoms with Crippen molar-refractivity contribution in [3.05, 3.63) is 219 Å². The molecule has 0 bridgehead atoms. The van der Waals surface area contributed by atoms with Crippen molar-refractivity contribution in [3.8, 4) is 72.9 Å². The van der Waals surface area contributed by atoms with E-state index < -0.39 is 0 Å². The zero-order chi connectivity index (χ0) is 41.9. The minimum atomic E-state index is -0.0426. The maximum Gasteiger partial charge on any atom is 1.00 e. The summed E-state index contributed by atoms with van der Waals surface area (Å²) in [5, 5.41) is 22.5. The van der Waals surface area contributed by atoms with E-state index in [0.717, 1.165) is 72.3 Å². The number of para-hydroxylation sites is 1. The Hall–Kier alpha value is -7.87. The first-order chi connectivity index (χ1) is 31.2. The number of fused-ring (bicyclic) bond motifs is 6. The Labute approximate surface area is 382 Å². The number of aromatic nitrogens is 3. The topological polar surface area (TPSA) is 63.0 Å². The van der Waals surface area contributed by atoms with Gasteiger partial charge in [0.05, 0.1) is 16.8 Å². The van der Waals surface area contributed by atoms with Crippen LogP contribution in [0.5, 0.6) is 5.75 Å². The first-order valence-corrected chi connectivity index (χ1v) is 21.3. The molecule has 64 heavy (non-hydrogen) atoms. The van der Waals surface area contributed by atoms with Gasteiger partial charge in [0.1, 0.15) is 5.52 Å². The van der Waals surface area contributed by atoms with Gasteiger partial charge in [0, 0.05) is 34.3 Å². The van der Waals surface area contributed by atoms with E-state index in [4.69, 9.17) is 9.97 Å². The van der Waals surface area contributed by atoms with Crippen molar-refractivity contribution in [2.45, 2.75) is 0 Å². The average Bonchev–Trinajstić information content (AvgIpc) is 3.35. The van der Waals surface area contributed by atoms with E-state index in [2.05, 4.69) is 169 Å². The fourth-order valence-corrected chi connectivity index (χ4v) is 9.58. The molecular formula is C59H37LiN3O+. The first kappa shape index (κ1) is 39.0. The molecule has 12 aromatic rings. The third-order valence-corrected chi connectivity index (χ3v) is 12.5. The summed E-state index contributed by atoms with van der Waals surface area (Å²) in [4.78, 5) is 14.4. The Morgan fingerprint density at radius 3 is 1.58 bits per heavy atom. The van der Waals surface area contributed by atoms with Gasteiger partial charge in [-0.25, -0.2) is 9.97 Å². The van der Waals surface area contributed by atoms with Gasteiger partial charge in [0.2, 0.25) is 11.2 Å². The Morgan fingerprint density at radius 2 is 0.922 bits per heavy atom. The Balaban J connectivity index is 0.00000456. The molecule has 294 valence electrons. The first-order valence-electron chi connectivity index (χ1n) is 21.3. The fraction of sp³-hybridized carbons (Fsp3) is 0. The number of aromatic amines is 1. The van der Waals surface area contributed by atoms with Crippen LogP contribution < -0.4 is 29.0 Å². The van der Waals surface area contributed by atoms with Gasteiger partial charge < -0.3 is 5.11 Å². The van der Waals surface area contributed by atoms with Gasteiger partial charge in [-0.05, 0) is 90.0 Å². The second kappa shape index (κ2) is 16.1. The van der Waals surface area contributed by atoms with Gasteiger partial charge in [-0.15, -0.1) is 0 Å². The van der Waals surface area contributed by atoms with Gasteiger partial charge in [0.25, 0.3) is 0 Å². The molecule has 0 unspecified atom stereocenters. The van der Waals surface area contributed by atoms with Crippen molar-refractivity contribution < 1.29 is 29.0 Å². The molecule has 9 aromatic carbocycles. The SMILES string of the molecule is [Li+].[O-]c1ccccc1-c1cc(-c2ccccc2)c2ccc3c(-c4ccccc4)cc(-c4ccc(-c5c6ccccc6c(-c6cccc7ccccc67)c6ccccc56)cn4)nc3c2[nH+]1. The maximum atomic E-state index is 13.3. The van der Waals surface area contributed by atoms with Gasteiger partial charge in [-0.2, -0.15) is 0 Å². The number of rotatable bonds is 6. The van der Waals surface area contributed by atoms with E-state index in [0.29, 0.717) is 5.56 Å². The molecule has 5 heteroatoms. The van der Waals surface area contributed by atoms with Crippen molar-refractivity contribution in [1.29, 1.82) is 0 Å². The van der Waals surface area contributed by atoms with Crippen molar-refractivity contribution in [1.82, 2.24) is 9.97 Å². The maximum absolute atomic E-state index is 13.3. The summed E-state index contributed by atoms with van der Waals surface area (Å²) in [6.45, 7) is 0. The minimum Gasteiger partial charge on any atom is -0.872 e. The molecule has 3 aromatic heterocycles. The molecule has 0 spiro atoms. The van der Waals surface area contributed by atoms with Crippen LogP contribution in [0.4, 0.5) is 0 Å². The molecule has 0 aliphatic heterocycles. The summed E-state index contributed by atoms with van der Waals surface area (Å²) in [6.07, 6.45) is 2.00. The van der Waals surface area contributed by atoms with E-state index in [-0.39, 0.29) is 24.6 Å². The molecule has 0 saturated heterocycles. The number of nitrogens with one attached hydrogen (secondary N) is 1. The van der Waals surface area contributed by atoms with Crippen LogP contribution in [0.3, 0.4) is 0 Å². The second-order valence-electron chi connectivity index (χ2n) is 16.1. The van der Waals surface area contributed by atoms with Crippen LogP contribution >= 0.6 is 0 Å². The molecule has 0 atom stereocenters. The van der Waals surface area contributed by atoms with E-state index in [1.54, 1.807) is 12.1 Å². The summed E-state index contributed by atoms with van der Waals surface area (Å²) >= 11 is 0. The molecule has 0 amide bonds. The second-order valence-corrected chi connectivity index (χ2v) is 16.1. The van der Waals surface area contributed by atoms with Crippen LogP contribution in [0.15, 0.2) is 219 Å². The molecule has 12 rings (SSSR count). The predicted molar refractivity (Wildman–Crippen MR) is 258 cm³/mol. The molecule has 0 saturated carbocycles. The zero-order valence-corrected chi connectivity index (χ0v) is 35.1. The molecule has 0 fully saturated rings. The normalized spacial score (nSPS) is 11.4. The van der Waals surface area contributed by atoms with Crippen LogP contribution in [0, 0.1) is 0 Å². The van der Waals surface area contributed by atoms with Crippen molar-refractivity contribution in [3.63, 3.8) is 0 Å². The largest absolute Gasteiger partial charge is 1.00 e. The Bertz CT molecular complexity index is 3680. The summed E-state index contributed by atoms with van der Waals surface area (Å²) < 4.78 is 0. The number of H-pyrrole nitrogens is 1. The molecule has 0 aliphatic rings. The molecule has 3 heterocycles. The predicted octanol–water partition coefficient (Wildman–Crippen LogP) is 11.1. The van der Waals surface area contributed by atoms with Crippen LogP contribution in [0.25, 0.3) is 121 Å². The summed E-state index contributed by atoms with van der Waals surface area (Å²) in [5.41, 5.74) is 13.4. The van der Waals surface area contributed by atoms with Crippen LogP contribution in [0.1, 0.15) is 0 Å². The Morgan fingerprint density at radius 1 is 0.375 bits per heavy atom. The third-order valence-electron chi connectivity index (χ3n) is 12.5. The molecule has 1 N–H and O–H groups in total. The minimum absolute atomic E-state index is 0. The van der Waals surface area contributed by atoms with Gasteiger partial charge in [-0.3, -0.25) is 4.98 Å². The fourth-order valence-electron chi connectivity index (χ4n) is 9.58. The number of pyridine rings is 3. The summed E-state index contributed by atoms with van der Waals surface area (Å²) in [7, 11) is 0. The van der Waals surface area contributed by atoms with E-state index in [1.807, 2.05) is 42.6 Å². The molecule has 0 aliphatic carbocycles. The van der Waals surface area contributed by atoms with E-state index in [9.17, 15) is 5.11 Å². The average molecular weight is 811 g/mol. The smallest absolute Gasteiger partial charge is 0.872 e. The quantitative estimate of drug-likeness (QED) is 0.0955. The van der Waals surface area contributed by atoms with Gasteiger partial charge in [-0.1, -0.05) is 188 Å². The number of hydrogen-bond donors (Lipinski definition) is 0. The van der Waals surface area contributed by atoms with Crippen molar-refractivity contribution >= 4 is 54.1 Å². The Kier molecular flexibility index (Phi) is 9.82. The molecular weight excluding hydrogens is 774 g/mol. The molecule has 0 radical (unpaired) electrons. The monoisotopic (exact) mass is 810 g/mol. The standard InChI is InChI=1S/C59H37N3O.Li/c63-55-29-14-13-27-49(55)53-34-50(38-16-3-1-4-17-38)47-31-32-48-51(39-18-5-2-6-19-39)35-54(62-59(48)58(47)61-53)52-33-30-40(36-60-52)56-43-23-9-11-25-45(43)57(46-26-12-10-24-44(46)56)42-28-15-21-37-20-7-8-22-41(37)42;/h1-36,63H;/q;+1. The van der Waals surface area contributed by atoms with Crippen molar-refractivity contribution in [2.24, 2.45) is 0 Å². The number of nitrogens with zero attached hydrogens (tertiary/aromatic N) is 2. The van der Waals surface area contributed by atoms with E-state index in [1.165, 1.54) is 43.4 Å². The summed E-state index contributed by atoms with van der Waals surface area (Å²) in [5.74, 6) is -0.0426. The van der Waals surface area contributed by atoms with Crippen LogP contribution in [0.2, 0.25) is 0 Å². The van der Waals surface area contributed by atoms with Gasteiger partial charge in [0.15, 0.2) is 0 Å². The van der Waals surface area contributed by atoms with E-state index >= 15 is 0 Å². The summed E-state index contributed by atoms with van der Waals surface area (Å²) in [6, 6.07) is 73.6. The van der Waals surface area contributed by atoms with Crippen LogP contribution in [-0.4, -0.2) is 9.97 Å². The van der Waals surface area contributed by atoms with Crippen LogP contribution in [-0.2, 0) is 0 Å². The zero-order valence-electron chi connectivity index (χ0n) is 35.1. The number of hydrogen-bond acceptors (Lipinski definition) is 3. The van der Waals surface area contributed by atoms with Crippen molar-refractivity contribution in [2.75, 3.05) is 0 Å². The van der Waals surface area contributed by atoms with Gasteiger partial charge >= 0.3 is 18.9 Å².